The number of ether oxygens (including phenoxy) is 3. The Morgan fingerprint density at radius 1 is 0.957 bits per heavy atom. The van der Waals surface area contributed by atoms with Gasteiger partial charge in [-0.1, -0.05) is 32.9 Å². The van der Waals surface area contributed by atoms with Gasteiger partial charge in [-0.25, -0.2) is 0 Å². The van der Waals surface area contributed by atoms with Gasteiger partial charge in [0.15, 0.2) is 0 Å². The number of alkyl halides is 2. The van der Waals surface area contributed by atoms with Crippen molar-refractivity contribution in [3.05, 3.63) is 29.8 Å². The van der Waals surface area contributed by atoms with E-state index in [4.69, 9.17) is 37.4 Å². The molecule has 47 heavy (non-hydrogen) atoms. The van der Waals surface area contributed by atoms with Gasteiger partial charge in [0.2, 0.25) is 0 Å². The zero-order chi connectivity index (χ0) is 33.8. The van der Waals surface area contributed by atoms with Crippen LogP contribution in [0.5, 0.6) is 5.75 Å². The van der Waals surface area contributed by atoms with E-state index in [0.29, 0.717) is 66.8 Å². The average Bonchev–Trinajstić information content (AvgIpc) is 3.41. The van der Waals surface area contributed by atoms with Gasteiger partial charge in [0.1, 0.15) is 18.5 Å². The molecule has 0 aromatic heterocycles. The lowest BCUT2D eigenvalue weighted by molar-refractivity contribution is -0.183. The summed E-state index contributed by atoms with van der Waals surface area (Å²) in [6.07, 6.45) is 9.08. The molecule has 5 rings (SSSR count). The molecule has 0 amide bonds. The van der Waals surface area contributed by atoms with Gasteiger partial charge >= 0.3 is 11.9 Å². The van der Waals surface area contributed by atoms with Crippen LogP contribution in [-0.2, 0) is 25.7 Å². The molecule has 1 aromatic carbocycles. The first kappa shape index (κ1) is 36.7. The standard InChI is InChI=1S/C38H57Cl2NO6/c1-25(5-12-34(43)46-24-26-6-8-28(45-4)9-7-26)30-10-11-31-36-32(14-16-38(30,31)3)37(2)15-13-29(21-27(37)22-33(36)42)47-35(44)23-41(19-17-39)20-18-40/h6-9,25,27,29-33,36,42H,5,10-24H2,1-4H3/t25-,27?,29-,30-,31+,32+,33-,36+,37+,38-/m1/s1. The number of aliphatic hydroxyl groups is 1. The molecule has 0 spiro atoms. The van der Waals surface area contributed by atoms with Crippen LogP contribution in [0.15, 0.2) is 24.3 Å². The quantitative estimate of drug-likeness (QED) is 0.160. The van der Waals surface area contributed by atoms with E-state index in [1.807, 2.05) is 29.2 Å². The minimum absolute atomic E-state index is 0.0911. The first-order chi connectivity index (χ1) is 22.5. The first-order valence-electron chi connectivity index (χ1n) is 18.0. The summed E-state index contributed by atoms with van der Waals surface area (Å²) in [7, 11) is 1.64. The van der Waals surface area contributed by atoms with Crippen molar-refractivity contribution >= 4 is 35.1 Å². The molecule has 0 radical (unpaired) electrons. The van der Waals surface area contributed by atoms with Gasteiger partial charge in [-0.2, -0.15) is 0 Å². The molecule has 264 valence electrons. The highest BCUT2D eigenvalue weighted by atomic mass is 35.5. The van der Waals surface area contributed by atoms with Crippen molar-refractivity contribution < 1.29 is 28.9 Å². The molecule has 1 unspecified atom stereocenters. The van der Waals surface area contributed by atoms with Crippen molar-refractivity contribution in [2.75, 3.05) is 38.5 Å². The third-order valence-corrected chi connectivity index (χ3v) is 13.5. The molecule has 4 aliphatic carbocycles. The van der Waals surface area contributed by atoms with Crippen molar-refractivity contribution in [3.8, 4) is 5.75 Å². The van der Waals surface area contributed by atoms with Gasteiger partial charge in [-0.3, -0.25) is 14.5 Å². The van der Waals surface area contributed by atoms with E-state index in [0.717, 1.165) is 56.3 Å². The number of hydrogen-bond donors (Lipinski definition) is 1. The van der Waals surface area contributed by atoms with Gasteiger partial charge in [-0.05, 0) is 122 Å². The molecular weight excluding hydrogens is 637 g/mol. The Morgan fingerprint density at radius 2 is 1.64 bits per heavy atom. The van der Waals surface area contributed by atoms with Crippen LogP contribution in [0.1, 0.15) is 90.5 Å². The van der Waals surface area contributed by atoms with E-state index in [9.17, 15) is 14.7 Å². The molecule has 4 fully saturated rings. The molecule has 9 heteroatoms. The molecule has 0 heterocycles. The monoisotopic (exact) mass is 693 g/mol. The summed E-state index contributed by atoms with van der Waals surface area (Å²) in [6.45, 7) is 9.00. The molecule has 1 aromatic rings. The summed E-state index contributed by atoms with van der Waals surface area (Å²) in [5, 5.41) is 11.8. The second kappa shape index (κ2) is 16.0. The maximum absolute atomic E-state index is 12.8. The minimum atomic E-state index is -0.318. The summed E-state index contributed by atoms with van der Waals surface area (Å²) >= 11 is 11.8. The molecule has 0 aliphatic heterocycles. The van der Waals surface area contributed by atoms with Crippen LogP contribution in [0.2, 0.25) is 0 Å². The van der Waals surface area contributed by atoms with Crippen LogP contribution in [0, 0.1) is 46.3 Å². The summed E-state index contributed by atoms with van der Waals surface area (Å²) in [5.74, 6) is 4.01. The fraction of sp³-hybridized carbons (Fsp3) is 0.789. The van der Waals surface area contributed by atoms with E-state index in [1.54, 1.807) is 7.11 Å². The minimum Gasteiger partial charge on any atom is -0.497 e. The number of nitrogens with zero attached hydrogens (tertiary/aromatic N) is 1. The summed E-state index contributed by atoms with van der Waals surface area (Å²) in [5.41, 5.74) is 1.30. The van der Waals surface area contributed by atoms with Crippen molar-refractivity contribution in [3.63, 3.8) is 0 Å². The second-order valence-electron chi connectivity index (χ2n) is 15.6. The molecular formula is C38H57Cl2NO6. The van der Waals surface area contributed by atoms with Gasteiger partial charge < -0.3 is 19.3 Å². The summed E-state index contributed by atoms with van der Waals surface area (Å²) in [4.78, 5) is 27.5. The zero-order valence-corrected chi connectivity index (χ0v) is 30.4. The summed E-state index contributed by atoms with van der Waals surface area (Å²) in [6, 6.07) is 7.62. The topological polar surface area (TPSA) is 85.3 Å². The number of benzene rings is 1. The number of halogens is 2. The number of carbonyl (C=O) groups excluding carboxylic acids is 2. The normalized spacial score (nSPS) is 35.4. The fourth-order valence-electron chi connectivity index (χ4n) is 10.7. The molecule has 1 N–H and O–H groups in total. The summed E-state index contributed by atoms with van der Waals surface area (Å²) < 4.78 is 16.8. The first-order valence-corrected chi connectivity index (χ1v) is 19.1. The van der Waals surface area contributed by atoms with Crippen LogP contribution in [0.4, 0.5) is 0 Å². The van der Waals surface area contributed by atoms with Crippen molar-refractivity contribution in [2.24, 2.45) is 46.3 Å². The number of aliphatic hydroxyl groups excluding tert-OH is 1. The Morgan fingerprint density at radius 3 is 2.32 bits per heavy atom. The van der Waals surface area contributed by atoms with Gasteiger partial charge in [-0.15, -0.1) is 23.2 Å². The molecule has 7 nitrogen and oxygen atoms in total. The molecule has 4 aliphatic rings. The van der Waals surface area contributed by atoms with Crippen LogP contribution in [-0.4, -0.2) is 72.7 Å². The Hall–Kier alpha value is -1.54. The lowest BCUT2D eigenvalue weighted by Crippen LogP contribution is -2.59. The number of rotatable bonds is 14. The van der Waals surface area contributed by atoms with Crippen molar-refractivity contribution in [1.29, 1.82) is 0 Å². The van der Waals surface area contributed by atoms with Crippen LogP contribution < -0.4 is 4.74 Å². The Kier molecular flexibility index (Phi) is 12.5. The molecule has 0 saturated heterocycles. The third-order valence-electron chi connectivity index (χ3n) is 13.2. The number of carbonyl (C=O) groups is 2. The Balaban J connectivity index is 1.14. The van der Waals surface area contributed by atoms with E-state index >= 15 is 0 Å². The Labute approximate surface area is 292 Å². The fourth-order valence-corrected chi connectivity index (χ4v) is 11.2. The van der Waals surface area contributed by atoms with Gasteiger partial charge in [0.05, 0.1) is 19.8 Å². The number of hydrogen-bond acceptors (Lipinski definition) is 7. The van der Waals surface area contributed by atoms with E-state index < -0.39 is 0 Å². The van der Waals surface area contributed by atoms with Gasteiger partial charge in [0.25, 0.3) is 0 Å². The highest BCUT2D eigenvalue weighted by molar-refractivity contribution is 6.18. The molecule has 10 atom stereocenters. The average molecular weight is 695 g/mol. The largest absolute Gasteiger partial charge is 0.497 e. The lowest BCUT2D eigenvalue weighted by atomic mass is 9.43. The molecule has 4 saturated carbocycles. The predicted octanol–water partition coefficient (Wildman–Crippen LogP) is 7.48. The zero-order valence-electron chi connectivity index (χ0n) is 28.9. The van der Waals surface area contributed by atoms with E-state index in [2.05, 4.69) is 20.8 Å². The SMILES string of the molecule is COc1ccc(COC(=O)CC[C@@H](C)[C@H]2CC[C@H]3[C@@H]4[C@H](O)CC5C[C@H](OC(=O)CN(CCCl)CCCl)CC[C@]5(C)[C@H]4CC[C@]23C)cc1. The highest BCUT2D eigenvalue weighted by Crippen LogP contribution is 2.68. The van der Waals surface area contributed by atoms with Gasteiger partial charge in [0, 0.05) is 31.3 Å². The Bertz CT molecular complexity index is 1190. The highest BCUT2D eigenvalue weighted by Gasteiger charge is 2.63. The third kappa shape index (κ3) is 8.10. The smallest absolute Gasteiger partial charge is 0.320 e. The molecule has 0 bridgehead atoms. The van der Waals surface area contributed by atoms with Crippen LogP contribution >= 0.6 is 23.2 Å². The predicted molar refractivity (Wildman–Crippen MR) is 186 cm³/mol. The lowest BCUT2D eigenvalue weighted by Gasteiger charge is -2.62. The number of fused-ring (bicyclic) bond motifs is 5. The van der Waals surface area contributed by atoms with Crippen molar-refractivity contribution in [2.45, 2.75) is 104 Å². The van der Waals surface area contributed by atoms with E-state index in [-0.39, 0.29) is 48.1 Å². The number of esters is 2. The maximum Gasteiger partial charge on any atom is 0.320 e. The maximum atomic E-state index is 12.8. The van der Waals surface area contributed by atoms with Crippen molar-refractivity contribution in [1.82, 2.24) is 4.90 Å². The van der Waals surface area contributed by atoms with E-state index in [1.165, 1.54) is 12.8 Å². The number of methoxy groups -OCH3 is 1. The second-order valence-corrected chi connectivity index (χ2v) is 16.3. The van der Waals surface area contributed by atoms with Crippen LogP contribution in [0.25, 0.3) is 0 Å². The van der Waals surface area contributed by atoms with Crippen LogP contribution in [0.3, 0.4) is 0 Å².